The fourth-order valence-electron chi connectivity index (χ4n) is 2.94. The van der Waals surface area contributed by atoms with Crippen LogP contribution in [0.5, 0.6) is 0 Å². The van der Waals surface area contributed by atoms with Crippen molar-refractivity contribution in [3.63, 3.8) is 0 Å². The largest absolute Gasteiger partial charge is 0.383 e. The minimum absolute atomic E-state index is 0.0486. The second-order valence-corrected chi connectivity index (χ2v) is 7.41. The number of methoxy groups -OCH3 is 1. The molecular weight excluding hydrogens is 340 g/mol. The summed E-state index contributed by atoms with van der Waals surface area (Å²) in [6, 6.07) is 7.10. The number of ether oxygens (including phenoxy) is 1. The molecule has 3 atom stereocenters. The van der Waals surface area contributed by atoms with Crippen LogP contribution in [0.15, 0.2) is 24.3 Å². The van der Waals surface area contributed by atoms with Gasteiger partial charge in [0.05, 0.1) is 6.61 Å². The van der Waals surface area contributed by atoms with E-state index in [4.69, 9.17) is 16.3 Å². The molecular formula is C19H27ClN2O3. The second-order valence-electron chi connectivity index (χ2n) is 6.97. The Balaban J connectivity index is 1.90. The highest BCUT2D eigenvalue weighted by atomic mass is 35.5. The first-order valence-electron chi connectivity index (χ1n) is 8.74. The van der Waals surface area contributed by atoms with Crippen LogP contribution in [0.1, 0.15) is 38.2 Å². The van der Waals surface area contributed by atoms with Crippen LogP contribution in [0, 0.1) is 11.8 Å². The zero-order chi connectivity index (χ0) is 18.4. The summed E-state index contributed by atoms with van der Waals surface area (Å²) in [5, 5.41) is 6.43. The maximum atomic E-state index is 12.5. The summed E-state index contributed by atoms with van der Waals surface area (Å²) in [5.74, 6) is 0.260. The van der Waals surface area contributed by atoms with E-state index in [1.54, 1.807) is 7.11 Å². The molecule has 1 aliphatic carbocycles. The van der Waals surface area contributed by atoms with E-state index in [-0.39, 0.29) is 23.7 Å². The molecule has 2 N–H and O–H groups in total. The molecule has 0 spiro atoms. The van der Waals surface area contributed by atoms with Gasteiger partial charge in [-0.1, -0.05) is 37.6 Å². The van der Waals surface area contributed by atoms with Crippen molar-refractivity contribution >= 4 is 23.4 Å². The van der Waals surface area contributed by atoms with Crippen LogP contribution >= 0.6 is 11.6 Å². The number of hydrogen-bond donors (Lipinski definition) is 2. The van der Waals surface area contributed by atoms with Gasteiger partial charge in [-0.05, 0) is 42.4 Å². The number of rotatable bonds is 9. The number of hydrogen-bond acceptors (Lipinski definition) is 3. The average molecular weight is 367 g/mol. The normalized spacial score (nSPS) is 20.2. The van der Waals surface area contributed by atoms with E-state index in [9.17, 15) is 9.59 Å². The van der Waals surface area contributed by atoms with Crippen molar-refractivity contribution in [1.82, 2.24) is 10.6 Å². The quantitative estimate of drug-likeness (QED) is 0.660. The molecule has 1 aromatic carbocycles. The third-order valence-corrected chi connectivity index (χ3v) is 4.62. The molecule has 0 saturated heterocycles. The molecule has 0 heterocycles. The fraction of sp³-hybridized carbons (Fsp3) is 0.579. The summed E-state index contributed by atoms with van der Waals surface area (Å²) in [4.78, 5) is 24.9. The Bertz CT molecular complexity index is 589. The Labute approximate surface area is 154 Å². The van der Waals surface area contributed by atoms with Gasteiger partial charge in [0, 0.05) is 24.6 Å². The van der Waals surface area contributed by atoms with Gasteiger partial charge in [0.25, 0.3) is 0 Å². The summed E-state index contributed by atoms with van der Waals surface area (Å²) in [6.07, 6.45) is 1.43. The Morgan fingerprint density at radius 1 is 1.28 bits per heavy atom. The van der Waals surface area contributed by atoms with Gasteiger partial charge < -0.3 is 15.4 Å². The van der Waals surface area contributed by atoms with Crippen LogP contribution in [-0.4, -0.2) is 38.1 Å². The number of nitrogens with one attached hydrogen (secondary N) is 2. The van der Waals surface area contributed by atoms with Gasteiger partial charge in [0.2, 0.25) is 11.8 Å². The van der Waals surface area contributed by atoms with Crippen molar-refractivity contribution in [2.75, 3.05) is 20.3 Å². The number of carbonyl (C=O) groups excluding carboxylic acids is 2. The van der Waals surface area contributed by atoms with Crippen LogP contribution in [0.4, 0.5) is 0 Å². The highest BCUT2D eigenvalue weighted by Crippen LogP contribution is 2.47. The van der Waals surface area contributed by atoms with Gasteiger partial charge in [-0.3, -0.25) is 9.59 Å². The third kappa shape index (κ3) is 6.01. The van der Waals surface area contributed by atoms with Crippen molar-refractivity contribution in [3.8, 4) is 0 Å². The first-order valence-corrected chi connectivity index (χ1v) is 9.12. The molecule has 0 bridgehead atoms. The lowest BCUT2D eigenvalue weighted by Gasteiger charge is -2.20. The maximum absolute atomic E-state index is 12.5. The van der Waals surface area contributed by atoms with E-state index in [2.05, 4.69) is 10.6 Å². The lowest BCUT2D eigenvalue weighted by atomic mass is 10.0. The van der Waals surface area contributed by atoms with Crippen molar-refractivity contribution < 1.29 is 14.3 Å². The Morgan fingerprint density at radius 2 is 1.96 bits per heavy atom. The zero-order valence-corrected chi connectivity index (χ0v) is 15.8. The summed E-state index contributed by atoms with van der Waals surface area (Å²) in [5.41, 5.74) is 1.12. The molecule has 0 unspecified atom stereocenters. The average Bonchev–Trinajstić information content (AvgIpc) is 3.35. The molecule has 2 amide bonds. The van der Waals surface area contributed by atoms with Gasteiger partial charge in [-0.2, -0.15) is 0 Å². The maximum Gasteiger partial charge on any atom is 0.242 e. The second kappa shape index (κ2) is 9.20. The fourth-order valence-corrected chi connectivity index (χ4v) is 3.07. The summed E-state index contributed by atoms with van der Waals surface area (Å²) < 4.78 is 4.94. The molecule has 1 aliphatic rings. The van der Waals surface area contributed by atoms with Crippen LogP contribution in [0.25, 0.3) is 0 Å². The van der Waals surface area contributed by atoms with E-state index in [1.807, 2.05) is 38.1 Å². The van der Waals surface area contributed by atoms with Gasteiger partial charge in [-0.25, -0.2) is 0 Å². The highest BCUT2D eigenvalue weighted by molar-refractivity contribution is 6.30. The van der Waals surface area contributed by atoms with Crippen molar-refractivity contribution in [1.29, 1.82) is 0 Å². The Hall–Kier alpha value is -1.59. The van der Waals surface area contributed by atoms with Gasteiger partial charge >= 0.3 is 0 Å². The van der Waals surface area contributed by atoms with Crippen LogP contribution in [0.3, 0.4) is 0 Å². The lowest BCUT2D eigenvalue weighted by Crippen LogP contribution is -2.48. The summed E-state index contributed by atoms with van der Waals surface area (Å²) >= 11 is 5.91. The van der Waals surface area contributed by atoms with Gasteiger partial charge in [-0.15, -0.1) is 0 Å². The zero-order valence-electron chi connectivity index (χ0n) is 15.0. The van der Waals surface area contributed by atoms with Crippen LogP contribution < -0.4 is 10.6 Å². The SMILES string of the molecule is COCCNC(=O)[C@H](CC(C)C)NC(=O)[C@H]1C[C@H]1c1ccc(Cl)cc1. The molecule has 6 heteroatoms. The van der Waals surface area contributed by atoms with E-state index in [0.717, 1.165) is 12.0 Å². The Kier molecular flexibility index (Phi) is 7.26. The smallest absolute Gasteiger partial charge is 0.242 e. The molecule has 25 heavy (non-hydrogen) atoms. The number of amides is 2. The molecule has 1 fully saturated rings. The number of carbonyl (C=O) groups is 2. The van der Waals surface area contributed by atoms with Gasteiger partial charge in [0.15, 0.2) is 0 Å². The predicted molar refractivity (Wildman–Crippen MR) is 98.6 cm³/mol. The van der Waals surface area contributed by atoms with E-state index >= 15 is 0 Å². The molecule has 0 aromatic heterocycles. The number of halogens is 1. The van der Waals surface area contributed by atoms with E-state index in [0.29, 0.717) is 30.5 Å². The minimum atomic E-state index is -0.504. The van der Waals surface area contributed by atoms with E-state index < -0.39 is 6.04 Å². The lowest BCUT2D eigenvalue weighted by molar-refractivity contribution is -0.130. The third-order valence-electron chi connectivity index (χ3n) is 4.37. The minimum Gasteiger partial charge on any atom is -0.383 e. The molecule has 1 aromatic rings. The number of benzene rings is 1. The molecule has 5 nitrogen and oxygen atoms in total. The standard InChI is InChI=1S/C19H27ClN2O3/c1-12(2)10-17(19(24)21-8-9-25-3)22-18(23)16-11-15(16)13-4-6-14(20)7-5-13/h4-7,12,15-17H,8-11H2,1-3H3,(H,21,24)(H,22,23)/t15-,16-,17-/m0/s1. The van der Waals surface area contributed by atoms with Crippen molar-refractivity contribution in [2.45, 2.75) is 38.6 Å². The van der Waals surface area contributed by atoms with Crippen LogP contribution in [-0.2, 0) is 14.3 Å². The summed E-state index contributed by atoms with van der Waals surface area (Å²) in [6.45, 7) is 4.97. The first kappa shape index (κ1) is 19.7. The van der Waals surface area contributed by atoms with Crippen molar-refractivity contribution in [2.24, 2.45) is 11.8 Å². The molecule has 138 valence electrons. The van der Waals surface area contributed by atoms with E-state index in [1.165, 1.54) is 0 Å². The molecule has 0 radical (unpaired) electrons. The first-order chi connectivity index (χ1) is 11.9. The molecule has 0 aliphatic heterocycles. The van der Waals surface area contributed by atoms with Gasteiger partial charge in [0.1, 0.15) is 6.04 Å². The topological polar surface area (TPSA) is 67.4 Å². The van der Waals surface area contributed by atoms with Crippen molar-refractivity contribution in [3.05, 3.63) is 34.9 Å². The molecule has 1 saturated carbocycles. The Morgan fingerprint density at radius 3 is 2.56 bits per heavy atom. The monoisotopic (exact) mass is 366 g/mol. The summed E-state index contributed by atoms with van der Waals surface area (Å²) in [7, 11) is 1.59. The highest BCUT2D eigenvalue weighted by Gasteiger charge is 2.44. The molecule has 2 rings (SSSR count). The van der Waals surface area contributed by atoms with Crippen LogP contribution in [0.2, 0.25) is 5.02 Å². The predicted octanol–water partition coefficient (Wildman–Crippen LogP) is 2.74.